The zero-order chi connectivity index (χ0) is 13.0. The summed E-state index contributed by atoms with van der Waals surface area (Å²) >= 11 is 0. The van der Waals surface area contributed by atoms with Crippen LogP contribution in [0.3, 0.4) is 0 Å². The molecule has 1 unspecified atom stereocenters. The van der Waals surface area contributed by atoms with Crippen molar-refractivity contribution in [3.63, 3.8) is 0 Å². The summed E-state index contributed by atoms with van der Waals surface area (Å²) in [7, 11) is 4.11. The summed E-state index contributed by atoms with van der Waals surface area (Å²) in [6.45, 7) is 0.973. The molecule has 0 bridgehead atoms. The molecule has 0 spiro atoms. The van der Waals surface area contributed by atoms with Crippen LogP contribution in [0.4, 0.5) is 0 Å². The Labute approximate surface area is 108 Å². The van der Waals surface area contributed by atoms with E-state index in [1.165, 1.54) is 0 Å². The van der Waals surface area contributed by atoms with Gasteiger partial charge in [0.1, 0.15) is 0 Å². The second-order valence-corrected chi connectivity index (χ2v) is 4.70. The average Bonchev–Trinajstić information content (AvgIpc) is 2.86. The highest BCUT2D eigenvalue weighted by Crippen LogP contribution is 2.17. The fourth-order valence-electron chi connectivity index (χ4n) is 1.92. The lowest BCUT2D eigenvalue weighted by atomic mass is 10.1. The lowest BCUT2D eigenvalue weighted by Gasteiger charge is -2.16. The van der Waals surface area contributed by atoms with Gasteiger partial charge < -0.3 is 10.6 Å². The molecule has 96 valence electrons. The molecule has 18 heavy (non-hydrogen) atoms. The molecule has 0 saturated heterocycles. The molecular formula is C14H20N4. The minimum Gasteiger partial charge on any atom is -0.323 e. The Balaban J connectivity index is 2.17. The molecule has 1 aromatic carbocycles. The van der Waals surface area contributed by atoms with E-state index in [0.29, 0.717) is 0 Å². The summed E-state index contributed by atoms with van der Waals surface area (Å²) in [5, 5.41) is 4.36. The minimum absolute atomic E-state index is 0.00936. The number of hydrogen-bond acceptors (Lipinski definition) is 3. The van der Waals surface area contributed by atoms with E-state index in [1.54, 1.807) is 6.20 Å². The third-order valence-corrected chi connectivity index (χ3v) is 2.94. The summed E-state index contributed by atoms with van der Waals surface area (Å²) < 4.78 is 1.92. The quantitative estimate of drug-likeness (QED) is 0.872. The van der Waals surface area contributed by atoms with Crippen LogP contribution in [0.2, 0.25) is 0 Å². The Bertz CT molecular complexity index is 476. The second kappa shape index (κ2) is 5.80. The van der Waals surface area contributed by atoms with Gasteiger partial charge in [-0.05, 0) is 45.3 Å². The lowest BCUT2D eigenvalue weighted by molar-refractivity contribution is 0.379. The van der Waals surface area contributed by atoms with Gasteiger partial charge in [0.15, 0.2) is 0 Å². The fraction of sp³-hybridized carbons (Fsp3) is 0.357. The third kappa shape index (κ3) is 2.97. The first-order chi connectivity index (χ1) is 8.68. The van der Waals surface area contributed by atoms with Crippen molar-refractivity contribution < 1.29 is 0 Å². The number of nitrogens with two attached hydrogens (primary N) is 1. The SMILES string of the molecule is CN(C)CCC(N)c1ccnn1-c1ccccc1. The molecule has 0 fully saturated rings. The predicted molar refractivity (Wildman–Crippen MR) is 73.7 cm³/mol. The molecule has 1 atom stereocenters. The Hall–Kier alpha value is -1.65. The van der Waals surface area contributed by atoms with Gasteiger partial charge >= 0.3 is 0 Å². The number of aromatic nitrogens is 2. The van der Waals surface area contributed by atoms with Crippen molar-refractivity contribution in [2.45, 2.75) is 12.5 Å². The Morgan fingerprint density at radius 1 is 1.22 bits per heavy atom. The van der Waals surface area contributed by atoms with Gasteiger partial charge in [-0.25, -0.2) is 4.68 Å². The van der Waals surface area contributed by atoms with Crippen LogP contribution >= 0.6 is 0 Å². The molecular weight excluding hydrogens is 224 g/mol. The van der Waals surface area contributed by atoms with E-state index in [0.717, 1.165) is 24.3 Å². The molecule has 4 heteroatoms. The molecule has 0 saturated carbocycles. The van der Waals surface area contributed by atoms with E-state index >= 15 is 0 Å². The summed E-state index contributed by atoms with van der Waals surface area (Å²) in [6, 6.07) is 12.1. The summed E-state index contributed by atoms with van der Waals surface area (Å²) in [5.74, 6) is 0. The lowest BCUT2D eigenvalue weighted by Crippen LogP contribution is -2.22. The number of rotatable bonds is 5. The molecule has 0 aliphatic rings. The topological polar surface area (TPSA) is 47.1 Å². The van der Waals surface area contributed by atoms with Crippen molar-refractivity contribution in [3.8, 4) is 5.69 Å². The summed E-state index contributed by atoms with van der Waals surface area (Å²) in [6.07, 6.45) is 2.73. The Morgan fingerprint density at radius 3 is 2.61 bits per heavy atom. The molecule has 1 aromatic heterocycles. The smallest absolute Gasteiger partial charge is 0.0649 e. The normalized spacial score (nSPS) is 12.9. The van der Waals surface area contributed by atoms with Crippen molar-refractivity contribution in [2.24, 2.45) is 5.73 Å². The van der Waals surface area contributed by atoms with Gasteiger partial charge in [-0.2, -0.15) is 5.10 Å². The molecule has 2 N–H and O–H groups in total. The predicted octanol–water partition coefficient (Wildman–Crippen LogP) is 1.82. The highest BCUT2D eigenvalue weighted by atomic mass is 15.3. The highest BCUT2D eigenvalue weighted by Gasteiger charge is 2.12. The maximum atomic E-state index is 6.24. The van der Waals surface area contributed by atoms with Gasteiger partial charge in [0.05, 0.1) is 11.4 Å². The van der Waals surface area contributed by atoms with Gasteiger partial charge in [-0.15, -0.1) is 0 Å². The van der Waals surface area contributed by atoms with Crippen LogP contribution in [-0.4, -0.2) is 35.3 Å². The zero-order valence-electron chi connectivity index (χ0n) is 11.0. The Kier molecular flexibility index (Phi) is 4.12. The first-order valence-corrected chi connectivity index (χ1v) is 6.18. The summed E-state index contributed by atoms with van der Waals surface area (Å²) in [5.41, 5.74) is 8.35. The molecule has 0 aliphatic carbocycles. The largest absolute Gasteiger partial charge is 0.323 e. The van der Waals surface area contributed by atoms with E-state index in [9.17, 15) is 0 Å². The molecule has 1 heterocycles. The van der Waals surface area contributed by atoms with Crippen LogP contribution in [0, 0.1) is 0 Å². The third-order valence-electron chi connectivity index (χ3n) is 2.94. The first-order valence-electron chi connectivity index (χ1n) is 6.18. The van der Waals surface area contributed by atoms with Crippen LogP contribution in [0.15, 0.2) is 42.6 Å². The van der Waals surface area contributed by atoms with E-state index in [4.69, 9.17) is 5.73 Å². The Morgan fingerprint density at radius 2 is 1.94 bits per heavy atom. The number of benzene rings is 1. The van der Waals surface area contributed by atoms with E-state index in [2.05, 4.69) is 24.1 Å². The monoisotopic (exact) mass is 244 g/mol. The van der Waals surface area contributed by atoms with Gasteiger partial charge in [-0.1, -0.05) is 18.2 Å². The molecule has 0 radical (unpaired) electrons. The zero-order valence-corrected chi connectivity index (χ0v) is 11.0. The van der Waals surface area contributed by atoms with Crippen molar-refractivity contribution >= 4 is 0 Å². The van der Waals surface area contributed by atoms with E-state index < -0.39 is 0 Å². The van der Waals surface area contributed by atoms with Crippen molar-refractivity contribution in [1.82, 2.24) is 14.7 Å². The second-order valence-electron chi connectivity index (χ2n) is 4.70. The van der Waals surface area contributed by atoms with Crippen molar-refractivity contribution in [2.75, 3.05) is 20.6 Å². The van der Waals surface area contributed by atoms with Crippen LogP contribution in [0.1, 0.15) is 18.2 Å². The van der Waals surface area contributed by atoms with Crippen LogP contribution in [0.5, 0.6) is 0 Å². The van der Waals surface area contributed by atoms with Crippen molar-refractivity contribution in [1.29, 1.82) is 0 Å². The highest BCUT2D eigenvalue weighted by molar-refractivity contribution is 5.33. The fourth-order valence-corrected chi connectivity index (χ4v) is 1.92. The van der Waals surface area contributed by atoms with E-state index in [1.807, 2.05) is 41.1 Å². The number of nitrogens with zero attached hydrogens (tertiary/aromatic N) is 3. The minimum atomic E-state index is 0.00936. The van der Waals surface area contributed by atoms with Crippen LogP contribution < -0.4 is 5.73 Å². The maximum absolute atomic E-state index is 6.24. The first kappa shape index (κ1) is 12.8. The molecule has 2 aromatic rings. The maximum Gasteiger partial charge on any atom is 0.0649 e. The van der Waals surface area contributed by atoms with E-state index in [-0.39, 0.29) is 6.04 Å². The molecule has 4 nitrogen and oxygen atoms in total. The standard InChI is InChI=1S/C14H20N4/c1-17(2)11-9-13(15)14-8-10-16-18(14)12-6-4-3-5-7-12/h3-8,10,13H,9,11,15H2,1-2H3. The van der Waals surface area contributed by atoms with Crippen molar-refractivity contribution in [3.05, 3.63) is 48.3 Å². The molecule has 2 rings (SSSR count). The van der Waals surface area contributed by atoms with Gasteiger partial charge in [0, 0.05) is 12.2 Å². The number of hydrogen-bond donors (Lipinski definition) is 1. The van der Waals surface area contributed by atoms with Crippen LogP contribution in [0.25, 0.3) is 5.69 Å². The molecule has 0 amide bonds. The van der Waals surface area contributed by atoms with Gasteiger partial charge in [0.2, 0.25) is 0 Å². The number of para-hydroxylation sites is 1. The van der Waals surface area contributed by atoms with Gasteiger partial charge in [-0.3, -0.25) is 0 Å². The van der Waals surface area contributed by atoms with Crippen LogP contribution in [-0.2, 0) is 0 Å². The van der Waals surface area contributed by atoms with Gasteiger partial charge in [0.25, 0.3) is 0 Å². The average molecular weight is 244 g/mol. The summed E-state index contributed by atoms with van der Waals surface area (Å²) in [4.78, 5) is 2.14. The molecule has 0 aliphatic heterocycles.